The van der Waals surface area contributed by atoms with E-state index in [9.17, 15) is 5.11 Å². The molecule has 156 valence electrons. The van der Waals surface area contributed by atoms with Gasteiger partial charge in [-0.2, -0.15) is 0 Å². The van der Waals surface area contributed by atoms with Crippen LogP contribution < -0.4 is 0 Å². The largest absolute Gasteiger partial charge is 0.393 e. The molecule has 0 amide bonds. The van der Waals surface area contributed by atoms with Gasteiger partial charge in [0.1, 0.15) is 0 Å². The van der Waals surface area contributed by atoms with Gasteiger partial charge >= 0.3 is 0 Å². The van der Waals surface area contributed by atoms with Crippen LogP contribution in [-0.2, 0) is 0 Å². The van der Waals surface area contributed by atoms with E-state index < -0.39 is 0 Å². The van der Waals surface area contributed by atoms with Gasteiger partial charge in [0.25, 0.3) is 0 Å². The average Bonchev–Trinajstić information content (AvgIpc) is 2.99. The molecule has 0 aliphatic heterocycles. The van der Waals surface area contributed by atoms with Gasteiger partial charge in [0, 0.05) is 5.41 Å². The van der Waals surface area contributed by atoms with Crippen LogP contribution in [0.25, 0.3) is 0 Å². The second kappa shape index (κ2) is 7.46. The van der Waals surface area contributed by atoms with Crippen LogP contribution in [0.5, 0.6) is 0 Å². The van der Waals surface area contributed by atoms with E-state index in [1.54, 1.807) is 11.1 Å². The first-order chi connectivity index (χ1) is 13.3. The van der Waals surface area contributed by atoms with Crippen molar-refractivity contribution in [1.82, 2.24) is 0 Å². The Morgan fingerprint density at radius 1 is 1.21 bits per heavy atom. The Morgan fingerprint density at radius 2 is 2.00 bits per heavy atom. The Labute approximate surface area is 173 Å². The molecule has 0 radical (unpaired) electrons. The minimum atomic E-state index is -0.104. The van der Waals surface area contributed by atoms with Crippen LogP contribution in [0, 0.1) is 28.6 Å². The van der Waals surface area contributed by atoms with E-state index in [0.717, 1.165) is 37.0 Å². The molecule has 4 rings (SSSR count). The number of hydrogen-bond donors (Lipinski definition) is 1. The smallest absolute Gasteiger partial charge is 0.0578 e. The molecule has 28 heavy (non-hydrogen) atoms. The topological polar surface area (TPSA) is 20.2 Å². The maximum atomic E-state index is 10.2. The summed E-state index contributed by atoms with van der Waals surface area (Å²) in [6.45, 7) is 12.1. The van der Waals surface area contributed by atoms with Gasteiger partial charge in [0.2, 0.25) is 0 Å². The Bertz CT molecular complexity index is 706. The van der Waals surface area contributed by atoms with E-state index in [-0.39, 0.29) is 11.5 Å². The van der Waals surface area contributed by atoms with E-state index in [1.807, 2.05) is 5.57 Å². The van der Waals surface area contributed by atoms with E-state index in [1.165, 1.54) is 50.5 Å². The zero-order valence-corrected chi connectivity index (χ0v) is 19.0. The maximum Gasteiger partial charge on any atom is 0.0578 e. The highest BCUT2D eigenvalue weighted by Gasteiger charge is 2.54. The van der Waals surface area contributed by atoms with Crippen LogP contribution in [-0.4, -0.2) is 11.2 Å². The number of fused-ring (bicyclic) bond motifs is 4. The molecule has 0 bridgehead atoms. The number of hydrogen-bond acceptors (Lipinski definition) is 1. The molecule has 1 nitrogen and oxygen atoms in total. The van der Waals surface area contributed by atoms with Crippen LogP contribution >= 0.6 is 0 Å². The highest BCUT2D eigenvalue weighted by molar-refractivity contribution is 5.43. The minimum absolute atomic E-state index is 0.104. The second-order valence-corrected chi connectivity index (χ2v) is 11.2. The lowest BCUT2D eigenvalue weighted by molar-refractivity contribution is 0.0875. The molecule has 4 aliphatic carbocycles. The predicted molar refractivity (Wildman–Crippen MR) is 119 cm³/mol. The fourth-order valence-electron chi connectivity index (χ4n) is 7.71. The first-order valence-corrected chi connectivity index (χ1v) is 12.0. The molecule has 4 unspecified atom stereocenters. The molecule has 0 spiro atoms. The summed E-state index contributed by atoms with van der Waals surface area (Å²) in [7, 11) is 0. The molecule has 0 aromatic heterocycles. The summed E-state index contributed by atoms with van der Waals surface area (Å²) in [6.07, 6.45) is 17.2. The molecule has 1 heteroatoms. The van der Waals surface area contributed by atoms with Crippen LogP contribution in [0.2, 0.25) is 0 Å². The van der Waals surface area contributed by atoms with E-state index >= 15 is 0 Å². The van der Waals surface area contributed by atoms with Gasteiger partial charge in [0.05, 0.1) is 6.10 Å². The summed E-state index contributed by atoms with van der Waals surface area (Å²) in [4.78, 5) is 0. The van der Waals surface area contributed by atoms with Crippen LogP contribution in [0.3, 0.4) is 0 Å². The number of aliphatic hydroxyl groups excluding tert-OH is 1. The van der Waals surface area contributed by atoms with Crippen molar-refractivity contribution in [2.24, 2.45) is 28.6 Å². The molecule has 0 aromatic carbocycles. The highest BCUT2D eigenvalue weighted by Crippen LogP contribution is 2.64. The SMILES string of the molecule is CC(C)=CCCC(C)C1CCC2C3=C(CC[C@@]21C)[C@@]1(C)CCC(O)CC1=CC3. The second-order valence-electron chi connectivity index (χ2n) is 11.2. The number of aliphatic hydroxyl groups is 1. The highest BCUT2D eigenvalue weighted by atomic mass is 16.3. The maximum absolute atomic E-state index is 10.2. The van der Waals surface area contributed by atoms with Crippen molar-refractivity contribution < 1.29 is 5.11 Å². The molecule has 0 heterocycles. The Morgan fingerprint density at radius 3 is 2.75 bits per heavy atom. The molecule has 1 N–H and O–H groups in total. The summed E-state index contributed by atoms with van der Waals surface area (Å²) in [5.74, 6) is 2.54. The first-order valence-electron chi connectivity index (χ1n) is 12.0. The van der Waals surface area contributed by atoms with Gasteiger partial charge in [-0.05, 0) is 101 Å². The molecule has 2 saturated carbocycles. The first kappa shape index (κ1) is 20.5. The summed E-state index contributed by atoms with van der Waals surface area (Å²) in [5.41, 5.74) is 7.43. The third kappa shape index (κ3) is 3.26. The lowest BCUT2D eigenvalue weighted by Gasteiger charge is -2.52. The normalized spacial score (nSPS) is 40.9. The predicted octanol–water partition coefficient (Wildman–Crippen LogP) is 7.37. The van der Waals surface area contributed by atoms with Crippen LogP contribution in [0.1, 0.15) is 98.8 Å². The van der Waals surface area contributed by atoms with Gasteiger partial charge < -0.3 is 5.11 Å². The Balaban J connectivity index is 1.55. The zero-order valence-electron chi connectivity index (χ0n) is 19.0. The lowest BCUT2D eigenvalue weighted by Crippen LogP contribution is -2.41. The summed E-state index contributed by atoms with van der Waals surface area (Å²) in [5, 5.41) is 10.2. The lowest BCUT2D eigenvalue weighted by atomic mass is 9.53. The monoisotopic (exact) mass is 382 g/mol. The van der Waals surface area contributed by atoms with Gasteiger partial charge in [-0.15, -0.1) is 0 Å². The number of allylic oxidation sites excluding steroid dienone is 5. The van der Waals surface area contributed by atoms with Gasteiger partial charge in [-0.25, -0.2) is 0 Å². The van der Waals surface area contributed by atoms with E-state index in [0.29, 0.717) is 5.41 Å². The average molecular weight is 383 g/mol. The Kier molecular flexibility index (Phi) is 5.45. The molecule has 2 fully saturated rings. The van der Waals surface area contributed by atoms with Crippen molar-refractivity contribution in [3.8, 4) is 0 Å². The van der Waals surface area contributed by atoms with E-state index in [2.05, 4.69) is 46.8 Å². The van der Waals surface area contributed by atoms with Crippen molar-refractivity contribution in [3.05, 3.63) is 34.4 Å². The fourth-order valence-corrected chi connectivity index (χ4v) is 7.71. The molecular weight excluding hydrogens is 340 g/mol. The summed E-state index contributed by atoms with van der Waals surface area (Å²) >= 11 is 0. The minimum Gasteiger partial charge on any atom is -0.393 e. The van der Waals surface area contributed by atoms with Crippen molar-refractivity contribution >= 4 is 0 Å². The Hall–Kier alpha value is -0.820. The van der Waals surface area contributed by atoms with Crippen molar-refractivity contribution in [3.63, 3.8) is 0 Å². The van der Waals surface area contributed by atoms with E-state index in [4.69, 9.17) is 0 Å². The molecular formula is C27H42O. The van der Waals surface area contributed by atoms with Gasteiger partial charge in [-0.3, -0.25) is 0 Å². The van der Waals surface area contributed by atoms with Crippen LogP contribution in [0.15, 0.2) is 34.4 Å². The molecule has 0 saturated heterocycles. The van der Waals surface area contributed by atoms with Crippen molar-refractivity contribution in [2.75, 3.05) is 0 Å². The fraction of sp³-hybridized carbons (Fsp3) is 0.778. The third-order valence-electron chi connectivity index (χ3n) is 9.37. The molecule has 0 aromatic rings. The number of rotatable bonds is 4. The quantitative estimate of drug-likeness (QED) is 0.503. The molecule has 6 atom stereocenters. The zero-order chi connectivity index (χ0) is 20.1. The van der Waals surface area contributed by atoms with Crippen LogP contribution in [0.4, 0.5) is 0 Å². The summed E-state index contributed by atoms with van der Waals surface area (Å²) < 4.78 is 0. The standard InChI is InChI=1S/C27H42O/c1-18(2)7-6-8-19(3)23-11-12-24-22-10-9-20-17-21(28)13-15-26(20,4)25(22)14-16-27(23,24)5/h7,9,19,21,23-24,28H,6,8,10-17H2,1-5H3/t19?,21?,23?,24?,26-,27+/m0/s1. The van der Waals surface area contributed by atoms with Gasteiger partial charge in [0.15, 0.2) is 0 Å². The van der Waals surface area contributed by atoms with Crippen molar-refractivity contribution in [2.45, 2.75) is 105 Å². The third-order valence-corrected chi connectivity index (χ3v) is 9.37. The van der Waals surface area contributed by atoms with Crippen molar-refractivity contribution in [1.29, 1.82) is 0 Å². The molecule has 4 aliphatic rings. The summed E-state index contributed by atoms with van der Waals surface area (Å²) in [6, 6.07) is 0. The van der Waals surface area contributed by atoms with Gasteiger partial charge in [-0.1, -0.05) is 55.2 Å².